The molecule has 1 aliphatic rings. The van der Waals surface area contributed by atoms with Crippen LogP contribution in [0.5, 0.6) is 0 Å². The van der Waals surface area contributed by atoms with Crippen LogP contribution in [0.3, 0.4) is 0 Å². The van der Waals surface area contributed by atoms with E-state index >= 15 is 0 Å². The van der Waals surface area contributed by atoms with Gasteiger partial charge < -0.3 is 10.1 Å². The largest absolute Gasteiger partial charge is 0.451 e. The van der Waals surface area contributed by atoms with Gasteiger partial charge in [-0.25, -0.2) is 4.79 Å². The van der Waals surface area contributed by atoms with Gasteiger partial charge in [-0.15, -0.1) is 11.3 Å². The van der Waals surface area contributed by atoms with E-state index in [0.717, 1.165) is 28.5 Å². The molecule has 0 saturated heterocycles. The molecule has 6 heteroatoms. The molecule has 0 unspecified atom stereocenters. The third kappa shape index (κ3) is 3.13. The highest BCUT2D eigenvalue weighted by atomic mass is 32.1. The number of fused-ring (bicyclic) bond motifs is 1. The molecule has 0 spiro atoms. The molecule has 1 fully saturated rings. The van der Waals surface area contributed by atoms with E-state index in [1.165, 1.54) is 11.3 Å². The Morgan fingerprint density at radius 2 is 2.12 bits per heavy atom. The first kappa shape index (κ1) is 16.5. The maximum Gasteiger partial charge on any atom is 0.349 e. The number of rotatable bonds is 5. The Morgan fingerprint density at radius 3 is 2.75 bits per heavy atom. The van der Waals surface area contributed by atoms with Crippen molar-refractivity contribution in [1.82, 2.24) is 5.32 Å². The molecular weight excluding hydrogens is 324 g/mol. The smallest absolute Gasteiger partial charge is 0.349 e. The molecule has 1 aromatic carbocycles. The molecule has 2 aromatic rings. The summed E-state index contributed by atoms with van der Waals surface area (Å²) in [6.07, 6.45) is 1.87. The fourth-order valence-corrected chi connectivity index (χ4v) is 3.88. The molecule has 124 valence electrons. The number of hydrogen-bond donors (Lipinski definition) is 1. The monoisotopic (exact) mass is 342 g/mol. The SMILES string of the molecule is Cc1c(C(=O)OCC(=O)N[C@](C)(C#N)C2CC2)sc2ccccc12. The van der Waals surface area contributed by atoms with Crippen molar-refractivity contribution in [1.29, 1.82) is 5.26 Å². The van der Waals surface area contributed by atoms with Crippen LogP contribution in [-0.2, 0) is 9.53 Å². The van der Waals surface area contributed by atoms with Crippen molar-refractivity contribution >= 4 is 33.3 Å². The highest BCUT2D eigenvalue weighted by Gasteiger charge is 2.43. The molecule has 1 saturated carbocycles. The lowest BCUT2D eigenvalue weighted by Gasteiger charge is -2.22. The van der Waals surface area contributed by atoms with Crippen LogP contribution in [0.4, 0.5) is 0 Å². The summed E-state index contributed by atoms with van der Waals surface area (Å²) in [6, 6.07) is 9.89. The maximum absolute atomic E-state index is 12.3. The second-order valence-electron chi connectivity index (χ2n) is 6.27. The first-order valence-electron chi connectivity index (χ1n) is 7.82. The van der Waals surface area contributed by atoms with Crippen molar-refractivity contribution in [2.75, 3.05) is 6.61 Å². The van der Waals surface area contributed by atoms with E-state index in [1.54, 1.807) is 6.92 Å². The molecule has 3 rings (SSSR count). The predicted octanol–water partition coefficient (Wildman–Crippen LogP) is 3.18. The number of hydrogen-bond acceptors (Lipinski definition) is 5. The number of aryl methyl sites for hydroxylation is 1. The minimum absolute atomic E-state index is 0.187. The number of nitriles is 1. The lowest BCUT2D eigenvalue weighted by atomic mass is 9.98. The van der Waals surface area contributed by atoms with Crippen molar-refractivity contribution < 1.29 is 14.3 Å². The normalized spacial score (nSPS) is 16.2. The Bertz CT molecular complexity index is 848. The van der Waals surface area contributed by atoms with Crippen LogP contribution < -0.4 is 5.32 Å². The summed E-state index contributed by atoms with van der Waals surface area (Å²) >= 11 is 1.36. The van der Waals surface area contributed by atoms with Crippen LogP contribution >= 0.6 is 11.3 Å². The molecule has 1 heterocycles. The zero-order valence-corrected chi connectivity index (χ0v) is 14.4. The number of carbonyl (C=O) groups excluding carboxylic acids is 2. The van der Waals surface area contributed by atoms with Crippen molar-refractivity contribution in [2.45, 2.75) is 32.2 Å². The van der Waals surface area contributed by atoms with E-state index in [4.69, 9.17) is 4.74 Å². The molecule has 1 amide bonds. The quantitative estimate of drug-likeness (QED) is 0.847. The molecule has 0 bridgehead atoms. The topological polar surface area (TPSA) is 79.2 Å². The Labute approximate surface area is 144 Å². The van der Waals surface area contributed by atoms with Gasteiger partial charge in [-0.3, -0.25) is 4.79 Å². The van der Waals surface area contributed by atoms with Crippen molar-refractivity contribution in [3.63, 3.8) is 0 Å². The first-order chi connectivity index (χ1) is 11.4. The number of carbonyl (C=O) groups is 2. The predicted molar refractivity (Wildman–Crippen MR) is 91.7 cm³/mol. The van der Waals surface area contributed by atoms with Gasteiger partial charge in [-0.2, -0.15) is 5.26 Å². The lowest BCUT2D eigenvalue weighted by Crippen LogP contribution is -2.48. The van der Waals surface area contributed by atoms with E-state index in [1.807, 2.05) is 31.2 Å². The molecule has 1 atom stereocenters. The Kier molecular flexibility index (Phi) is 4.29. The van der Waals surface area contributed by atoms with E-state index in [9.17, 15) is 14.9 Å². The number of esters is 1. The highest BCUT2D eigenvalue weighted by Crippen LogP contribution is 2.39. The van der Waals surface area contributed by atoms with Gasteiger partial charge in [0.15, 0.2) is 6.61 Å². The zero-order chi connectivity index (χ0) is 17.3. The Hall–Kier alpha value is -2.39. The lowest BCUT2D eigenvalue weighted by molar-refractivity contribution is -0.125. The van der Waals surface area contributed by atoms with Gasteiger partial charge >= 0.3 is 5.97 Å². The molecule has 0 radical (unpaired) electrons. The minimum Gasteiger partial charge on any atom is -0.451 e. The second kappa shape index (κ2) is 6.25. The molecule has 0 aliphatic heterocycles. The number of nitrogens with one attached hydrogen (secondary N) is 1. The average molecular weight is 342 g/mol. The Balaban J connectivity index is 1.63. The summed E-state index contributed by atoms with van der Waals surface area (Å²) in [5, 5.41) is 12.9. The highest BCUT2D eigenvalue weighted by molar-refractivity contribution is 7.21. The summed E-state index contributed by atoms with van der Waals surface area (Å²) in [7, 11) is 0. The van der Waals surface area contributed by atoms with Gasteiger partial charge in [0.1, 0.15) is 10.4 Å². The molecule has 1 aliphatic carbocycles. The average Bonchev–Trinajstić information content (AvgIpc) is 3.38. The summed E-state index contributed by atoms with van der Waals surface area (Å²) < 4.78 is 6.15. The zero-order valence-electron chi connectivity index (χ0n) is 13.6. The summed E-state index contributed by atoms with van der Waals surface area (Å²) in [6.45, 7) is 3.20. The van der Waals surface area contributed by atoms with Gasteiger partial charge in [-0.1, -0.05) is 18.2 Å². The number of benzene rings is 1. The minimum atomic E-state index is -0.878. The summed E-state index contributed by atoms with van der Waals surface area (Å²) in [5.41, 5.74) is -0.0161. The van der Waals surface area contributed by atoms with E-state index < -0.39 is 17.4 Å². The van der Waals surface area contributed by atoms with Gasteiger partial charge in [0.25, 0.3) is 5.91 Å². The standard InChI is InChI=1S/C18H18N2O3S/c1-11-13-5-3-4-6-14(13)24-16(11)17(22)23-9-15(21)20-18(2,10-19)12-7-8-12/h3-6,12H,7-9H2,1-2H3,(H,20,21)/t18-/m1/s1. The number of nitrogens with zero attached hydrogens (tertiary/aromatic N) is 1. The van der Waals surface area contributed by atoms with E-state index in [0.29, 0.717) is 4.88 Å². The van der Waals surface area contributed by atoms with Crippen LogP contribution in [0.15, 0.2) is 24.3 Å². The first-order valence-corrected chi connectivity index (χ1v) is 8.64. The van der Waals surface area contributed by atoms with Crippen LogP contribution in [0.25, 0.3) is 10.1 Å². The van der Waals surface area contributed by atoms with Gasteiger partial charge in [0.2, 0.25) is 0 Å². The Morgan fingerprint density at radius 1 is 1.42 bits per heavy atom. The molecular formula is C18H18N2O3S. The fraction of sp³-hybridized carbons (Fsp3) is 0.389. The molecule has 1 N–H and O–H groups in total. The summed E-state index contributed by atoms with van der Waals surface area (Å²) in [4.78, 5) is 24.8. The van der Waals surface area contributed by atoms with Crippen molar-refractivity contribution in [2.24, 2.45) is 5.92 Å². The summed E-state index contributed by atoms with van der Waals surface area (Å²) in [5.74, 6) is -0.765. The molecule has 5 nitrogen and oxygen atoms in total. The molecule has 1 aromatic heterocycles. The second-order valence-corrected chi connectivity index (χ2v) is 7.32. The maximum atomic E-state index is 12.3. The van der Waals surface area contributed by atoms with E-state index in [2.05, 4.69) is 11.4 Å². The van der Waals surface area contributed by atoms with Crippen LogP contribution in [0.2, 0.25) is 0 Å². The number of thiophene rings is 1. The van der Waals surface area contributed by atoms with Crippen LogP contribution in [-0.4, -0.2) is 24.0 Å². The number of ether oxygens (including phenoxy) is 1. The van der Waals surface area contributed by atoms with Gasteiger partial charge in [-0.05, 0) is 49.6 Å². The van der Waals surface area contributed by atoms with Gasteiger partial charge in [0.05, 0.1) is 6.07 Å². The number of amides is 1. The molecule has 24 heavy (non-hydrogen) atoms. The van der Waals surface area contributed by atoms with Crippen LogP contribution in [0.1, 0.15) is 35.0 Å². The third-order valence-corrected chi connectivity index (χ3v) is 5.64. The third-order valence-electron chi connectivity index (χ3n) is 4.39. The van der Waals surface area contributed by atoms with Crippen LogP contribution in [0, 0.1) is 24.2 Å². The fourth-order valence-electron chi connectivity index (χ4n) is 2.77. The van der Waals surface area contributed by atoms with Crippen molar-refractivity contribution in [3.05, 3.63) is 34.7 Å². The van der Waals surface area contributed by atoms with Crippen molar-refractivity contribution in [3.8, 4) is 6.07 Å². The van der Waals surface area contributed by atoms with Gasteiger partial charge in [0, 0.05) is 4.70 Å². The van der Waals surface area contributed by atoms with E-state index in [-0.39, 0.29) is 12.5 Å².